The molecule has 1 aromatic carbocycles. The molecule has 1 heterocycles. The van der Waals surface area contributed by atoms with E-state index in [0.29, 0.717) is 11.4 Å². The van der Waals surface area contributed by atoms with Crippen molar-refractivity contribution in [3.8, 4) is 11.3 Å². The number of rotatable bonds is 2. The van der Waals surface area contributed by atoms with Gasteiger partial charge >= 0.3 is 0 Å². The molecule has 0 bridgehead atoms. The molecule has 0 aliphatic heterocycles. The third-order valence-electron chi connectivity index (χ3n) is 2.23. The largest absolute Gasteiger partial charge is 0.396 e. The topological polar surface area (TPSA) is 43.8 Å². The molecule has 0 saturated carbocycles. The van der Waals surface area contributed by atoms with Crippen molar-refractivity contribution in [3.63, 3.8) is 0 Å². The first kappa shape index (κ1) is 9.71. The lowest BCUT2D eigenvalue weighted by atomic mass is 10.1. The van der Waals surface area contributed by atoms with E-state index in [4.69, 9.17) is 5.73 Å². The summed E-state index contributed by atoms with van der Waals surface area (Å²) in [6.45, 7) is 2.76. The number of aromatic nitrogens is 2. The van der Waals surface area contributed by atoms with Gasteiger partial charge in [-0.15, -0.1) is 0 Å². The van der Waals surface area contributed by atoms with Gasteiger partial charge in [0.15, 0.2) is 0 Å². The fourth-order valence-corrected chi connectivity index (χ4v) is 1.43. The van der Waals surface area contributed by atoms with Gasteiger partial charge in [-0.25, -0.2) is 4.39 Å². The first-order valence-electron chi connectivity index (χ1n) is 4.79. The lowest BCUT2D eigenvalue weighted by Gasteiger charge is -1.97. The van der Waals surface area contributed by atoms with Gasteiger partial charge in [-0.2, -0.15) is 5.10 Å². The summed E-state index contributed by atoms with van der Waals surface area (Å²) < 4.78 is 14.5. The molecule has 3 nitrogen and oxygen atoms in total. The Morgan fingerprint density at radius 2 is 2.00 bits per heavy atom. The Labute approximate surface area is 87.3 Å². The smallest absolute Gasteiger partial charge is 0.123 e. The van der Waals surface area contributed by atoms with Gasteiger partial charge in [0.2, 0.25) is 0 Å². The highest BCUT2D eigenvalue weighted by Crippen LogP contribution is 2.23. The second-order valence-electron chi connectivity index (χ2n) is 3.30. The molecule has 1 aromatic heterocycles. The van der Waals surface area contributed by atoms with Gasteiger partial charge in [-0.05, 0) is 31.2 Å². The maximum atomic E-state index is 12.7. The van der Waals surface area contributed by atoms with Crippen LogP contribution in [-0.2, 0) is 6.54 Å². The van der Waals surface area contributed by atoms with Gasteiger partial charge in [0.1, 0.15) is 11.5 Å². The van der Waals surface area contributed by atoms with E-state index in [2.05, 4.69) is 5.10 Å². The van der Waals surface area contributed by atoms with Gasteiger partial charge in [0.05, 0.1) is 5.69 Å². The summed E-state index contributed by atoms with van der Waals surface area (Å²) in [6.07, 6.45) is 1.78. The molecule has 0 aliphatic rings. The second-order valence-corrected chi connectivity index (χ2v) is 3.30. The van der Waals surface area contributed by atoms with Crippen LogP contribution in [0.2, 0.25) is 0 Å². The van der Waals surface area contributed by atoms with E-state index in [9.17, 15) is 4.39 Å². The van der Waals surface area contributed by atoms with Gasteiger partial charge < -0.3 is 5.73 Å². The fraction of sp³-hybridized carbons (Fsp3) is 0.182. The first-order valence-corrected chi connectivity index (χ1v) is 4.79. The van der Waals surface area contributed by atoms with E-state index in [1.54, 1.807) is 23.0 Å². The molecule has 15 heavy (non-hydrogen) atoms. The Kier molecular flexibility index (Phi) is 2.41. The van der Waals surface area contributed by atoms with Crippen LogP contribution in [0.1, 0.15) is 6.92 Å². The summed E-state index contributed by atoms with van der Waals surface area (Å²) in [5.41, 5.74) is 7.96. The molecule has 0 fully saturated rings. The van der Waals surface area contributed by atoms with Crippen molar-refractivity contribution in [2.45, 2.75) is 13.5 Å². The Morgan fingerprint density at radius 1 is 1.33 bits per heavy atom. The number of hydrogen-bond donors (Lipinski definition) is 1. The van der Waals surface area contributed by atoms with Gasteiger partial charge in [0.25, 0.3) is 0 Å². The van der Waals surface area contributed by atoms with Crippen molar-refractivity contribution in [3.05, 3.63) is 36.3 Å². The highest BCUT2D eigenvalue weighted by atomic mass is 19.1. The predicted molar refractivity (Wildman–Crippen MR) is 57.7 cm³/mol. The SMILES string of the molecule is CCn1cc(N)c(-c2ccc(F)cc2)n1. The average Bonchev–Trinajstić information content (AvgIpc) is 2.61. The zero-order valence-electron chi connectivity index (χ0n) is 8.44. The quantitative estimate of drug-likeness (QED) is 0.817. The molecule has 0 unspecified atom stereocenters. The van der Waals surface area contributed by atoms with Crippen molar-refractivity contribution in [2.24, 2.45) is 0 Å². The van der Waals surface area contributed by atoms with Crippen LogP contribution >= 0.6 is 0 Å². The van der Waals surface area contributed by atoms with Crippen LogP contribution in [0.25, 0.3) is 11.3 Å². The molecule has 0 atom stereocenters. The number of hydrogen-bond acceptors (Lipinski definition) is 2. The van der Waals surface area contributed by atoms with Gasteiger partial charge in [0, 0.05) is 18.3 Å². The molecule has 2 N–H and O–H groups in total. The second kappa shape index (κ2) is 3.73. The summed E-state index contributed by atoms with van der Waals surface area (Å²) in [7, 11) is 0. The lowest BCUT2D eigenvalue weighted by molar-refractivity contribution is 0.628. The van der Waals surface area contributed by atoms with Crippen LogP contribution in [0.3, 0.4) is 0 Å². The third kappa shape index (κ3) is 1.83. The average molecular weight is 205 g/mol. The summed E-state index contributed by atoms with van der Waals surface area (Å²) in [6, 6.07) is 6.15. The van der Waals surface area contributed by atoms with Crippen molar-refractivity contribution in [1.82, 2.24) is 9.78 Å². The van der Waals surface area contributed by atoms with E-state index in [0.717, 1.165) is 12.1 Å². The van der Waals surface area contributed by atoms with E-state index >= 15 is 0 Å². The van der Waals surface area contributed by atoms with Crippen LogP contribution < -0.4 is 5.73 Å². The molecule has 0 saturated heterocycles. The molecular formula is C11H12FN3. The minimum Gasteiger partial charge on any atom is -0.396 e. The molecular weight excluding hydrogens is 193 g/mol. The van der Waals surface area contributed by atoms with Crippen LogP contribution in [0.15, 0.2) is 30.5 Å². The van der Waals surface area contributed by atoms with Crippen LogP contribution in [0.4, 0.5) is 10.1 Å². The monoisotopic (exact) mass is 205 g/mol. The third-order valence-corrected chi connectivity index (χ3v) is 2.23. The van der Waals surface area contributed by atoms with Crippen molar-refractivity contribution in [2.75, 3.05) is 5.73 Å². The highest BCUT2D eigenvalue weighted by Gasteiger charge is 2.07. The van der Waals surface area contributed by atoms with Gasteiger partial charge in [-0.1, -0.05) is 0 Å². The molecule has 4 heteroatoms. The summed E-state index contributed by atoms with van der Waals surface area (Å²) in [5, 5.41) is 4.30. The van der Waals surface area contributed by atoms with E-state index in [-0.39, 0.29) is 5.82 Å². The number of aryl methyl sites for hydroxylation is 1. The zero-order chi connectivity index (χ0) is 10.8. The molecule has 2 rings (SSSR count). The Hall–Kier alpha value is -1.84. The predicted octanol–water partition coefficient (Wildman–Crippen LogP) is 2.29. The van der Waals surface area contributed by atoms with Crippen LogP contribution in [0, 0.1) is 5.82 Å². The first-order chi connectivity index (χ1) is 7.20. The van der Waals surface area contributed by atoms with Crippen LogP contribution in [-0.4, -0.2) is 9.78 Å². The molecule has 78 valence electrons. The van der Waals surface area contributed by atoms with E-state index in [1.807, 2.05) is 6.92 Å². The Balaban J connectivity index is 2.44. The molecule has 0 radical (unpaired) electrons. The number of halogens is 1. The van der Waals surface area contributed by atoms with Crippen molar-refractivity contribution < 1.29 is 4.39 Å². The summed E-state index contributed by atoms with van der Waals surface area (Å²) in [5.74, 6) is -0.257. The van der Waals surface area contributed by atoms with Gasteiger partial charge in [-0.3, -0.25) is 4.68 Å². The molecule has 0 aliphatic carbocycles. The molecule has 0 spiro atoms. The molecule has 2 aromatic rings. The minimum absolute atomic E-state index is 0.257. The van der Waals surface area contributed by atoms with Crippen molar-refractivity contribution >= 4 is 5.69 Å². The fourth-order valence-electron chi connectivity index (χ4n) is 1.43. The standard InChI is InChI=1S/C11H12FN3/c1-2-15-7-10(13)11(14-15)8-3-5-9(12)6-4-8/h3-7H,2,13H2,1H3. The van der Waals surface area contributed by atoms with E-state index < -0.39 is 0 Å². The number of nitrogens with two attached hydrogens (primary N) is 1. The molecule has 0 amide bonds. The highest BCUT2D eigenvalue weighted by molar-refractivity contribution is 5.71. The normalized spacial score (nSPS) is 10.5. The number of benzene rings is 1. The van der Waals surface area contributed by atoms with Crippen molar-refractivity contribution in [1.29, 1.82) is 0 Å². The number of nitrogen functional groups attached to an aromatic ring is 1. The maximum absolute atomic E-state index is 12.7. The summed E-state index contributed by atoms with van der Waals surface area (Å²) in [4.78, 5) is 0. The lowest BCUT2D eigenvalue weighted by Crippen LogP contribution is -1.93. The maximum Gasteiger partial charge on any atom is 0.123 e. The van der Waals surface area contributed by atoms with Crippen LogP contribution in [0.5, 0.6) is 0 Å². The number of nitrogens with zero attached hydrogens (tertiary/aromatic N) is 2. The zero-order valence-corrected chi connectivity index (χ0v) is 8.44. The Bertz CT molecular complexity index is 459. The minimum atomic E-state index is -0.257. The number of anilines is 1. The van der Waals surface area contributed by atoms with E-state index in [1.165, 1.54) is 12.1 Å². The summed E-state index contributed by atoms with van der Waals surface area (Å²) >= 11 is 0. The Morgan fingerprint density at radius 3 is 2.53 bits per heavy atom.